The molecule has 2 heterocycles. The van der Waals surface area contributed by atoms with E-state index in [-0.39, 0.29) is 41.5 Å². The number of aliphatic hydroxyl groups is 2. The van der Waals surface area contributed by atoms with Crippen LogP contribution in [0.3, 0.4) is 0 Å². The molecule has 204 valence electrons. The first-order chi connectivity index (χ1) is 18.8. The number of alkyl halides is 3. The maximum atomic E-state index is 14.0. The minimum Gasteiger partial charge on any atom is -0.396 e. The van der Waals surface area contributed by atoms with Crippen molar-refractivity contribution in [2.45, 2.75) is 44.0 Å². The fraction of sp³-hybridized carbons (Fsp3) is 0.333. The molecular weight excluding hydrogens is 515 g/mol. The highest BCUT2D eigenvalue weighted by Gasteiger charge is 2.40. The normalized spacial score (nSPS) is 18.6. The summed E-state index contributed by atoms with van der Waals surface area (Å²) in [5.74, 6) is -0.926. The molecule has 0 bridgehead atoms. The number of carbonyl (C=O) groups is 1. The number of para-hydroxylation sites is 1. The number of nitrogens with zero attached hydrogens (tertiary/aromatic N) is 4. The van der Waals surface area contributed by atoms with Crippen LogP contribution in [0.15, 0.2) is 65.3 Å². The van der Waals surface area contributed by atoms with Crippen molar-refractivity contribution in [1.29, 1.82) is 0 Å². The first-order valence-corrected chi connectivity index (χ1v) is 12.5. The highest BCUT2D eigenvalue weighted by molar-refractivity contribution is 5.82. The maximum absolute atomic E-state index is 14.0. The molecule has 0 radical (unpaired) electrons. The summed E-state index contributed by atoms with van der Waals surface area (Å²) in [5.41, 5.74) is -0.449. The largest absolute Gasteiger partial charge is 0.434 e. The minimum atomic E-state index is -4.75. The van der Waals surface area contributed by atoms with Gasteiger partial charge in [-0.05, 0) is 30.5 Å². The van der Waals surface area contributed by atoms with Gasteiger partial charge in [0.25, 0.3) is 11.8 Å². The maximum Gasteiger partial charge on any atom is 0.434 e. The number of aliphatic hydroxyl groups excluding tert-OH is 2. The van der Waals surface area contributed by atoms with E-state index in [1.807, 2.05) is 0 Å². The van der Waals surface area contributed by atoms with Crippen molar-refractivity contribution >= 4 is 5.91 Å². The number of amides is 1. The standard InChI is InChI=1S/C27H26F3N5O4/c28-27(29,30)23-20(14-31-35(23)19-7-2-1-3-8-19)26-33-24(34-39-26)17-12-10-16(11-13-17)22(37)25(38)32-21-9-5-4-6-18(21)15-36/h1-3,7-8,10-14,18,21-22,36-37H,4-6,9,15H2,(H,32,38)/t18-,21+,22-/m0/s1. The van der Waals surface area contributed by atoms with Gasteiger partial charge in [-0.25, -0.2) is 4.68 Å². The van der Waals surface area contributed by atoms with Crippen molar-refractivity contribution < 1.29 is 32.7 Å². The van der Waals surface area contributed by atoms with E-state index in [9.17, 15) is 28.2 Å². The summed E-state index contributed by atoms with van der Waals surface area (Å²) in [6, 6.07) is 13.8. The van der Waals surface area contributed by atoms with E-state index in [1.165, 1.54) is 36.4 Å². The number of rotatable bonds is 7. The van der Waals surface area contributed by atoms with Crippen LogP contribution in [-0.2, 0) is 11.0 Å². The van der Waals surface area contributed by atoms with Gasteiger partial charge in [0.05, 0.1) is 17.4 Å². The molecule has 9 nitrogen and oxygen atoms in total. The molecule has 1 saturated carbocycles. The van der Waals surface area contributed by atoms with Crippen LogP contribution in [0, 0.1) is 5.92 Å². The molecule has 1 amide bonds. The fourth-order valence-electron chi connectivity index (χ4n) is 4.84. The predicted octanol–water partition coefficient (Wildman–Crippen LogP) is 4.31. The van der Waals surface area contributed by atoms with E-state index < -0.39 is 23.9 Å². The van der Waals surface area contributed by atoms with Crippen LogP contribution in [0.5, 0.6) is 0 Å². The van der Waals surface area contributed by atoms with Gasteiger partial charge in [-0.15, -0.1) is 0 Å². The van der Waals surface area contributed by atoms with Crippen molar-refractivity contribution in [3.8, 4) is 28.5 Å². The molecule has 2 aromatic heterocycles. The van der Waals surface area contributed by atoms with Crippen molar-refractivity contribution in [2.24, 2.45) is 5.92 Å². The lowest BCUT2D eigenvalue weighted by Crippen LogP contribution is -2.45. The number of hydrogen-bond donors (Lipinski definition) is 3. The minimum absolute atomic E-state index is 0.0278. The van der Waals surface area contributed by atoms with E-state index in [2.05, 4.69) is 20.6 Å². The number of halogens is 3. The van der Waals surface area contributed by atoms with Crippen LogP contribution in [0.4, 0.5) is 13.2 Å². The Balaban J connectivity index is 1.34. The van der Waals surface area contributed by atoms with Gasteiger partial charge in [-0.1, -0.05) is 60.5 Å². The molecular formula is C27H26F3N5O4. The molecule has 4 aromatic rings. The Morgan fingerprint density at radius 1 is 1.10 bits per heavy atom. The summed E-state index contributed by atoms with van der Waals surface area (Å²) in [6.45, 7) is -0.0278. The molecule has 0 spiro atoms. The van der Waals surface area contributed by atoms with Crippen LogP contribution in [-0.4, -0.2) is 48.7 Å². The third-order valence-corrected chi connectivity index (χ3v) is 6.90. The lowest BCUT2D eigenvalue weighted by molar-refractivity contribution is -0.142. The van der Waals surface area contributed by atoms with Crippen molar-refractivity contribution in [3.05, 3.63) is 72.1 Å². The summed E-state index contributed by atoms with van der Waals surface area (Å²) >= 11 is 0. The van der Waals surface area contributed by atoms with E-state index in [0.717, 1.165) is 36.6 Å². The van der Waals surface area contributed by atoms with Crippen LogP contribution in [0.25, 0.3) is 28.5 Å². The Labute approximate surface area is 221 Å². The first kappa shape index (κ1) is 26.6. The summed E-state index contributed by atoms with van der Waals surface area (Å²) in [7, 11) is 0. The molecule has 12 heteroatoms. The van der Waals surface area contributed by atoms with Crippen LogP contribution < -0.4 is 5.32 Å². The van der Waals surface area contributed by atoms with Gasteiger partial charge in [-0.2, -0.15) is 23.3 Å². The molecule has 0 unspecified atom stereocenters. The highest BCUT2D eigenvalue weighted by atomic mass is 19.4. The Hall–Kier alpha value is -4.03. The van der Waals surface area contributed by atoms with Gasteiger partial charge in [0.2, 0.25) is 5.82 Å². The van der Waals surface area contributed by atoms with E-state index >= 15 is 0 Å². The molecule has 3 N–H and O–H groups in total. The molecule has 1 aliphatic rings. The molecule has 39 heavy (non-hydrogen) atoms. The third kappa shape index (κ3) is 5.57. The fourth-order valence-corrected chi connectivity index (χ4v) is 4.84. The number of benzene rings is 2. The molecule has 1 fully saturated rings. The lowest BCUT2D eigenvalue weighted by atomic mass is 9.85. The molecule has 0 aliphatic heterocycles. The number of hydrogen-bond acceptors (Lipinski definition) is 7. The van der Waals surface area contributed by atoms with Gasteiger partial charge in [-0.3, -0.25) is 4.79 Å². The van der Waals surface area contributed by atoms with Crippen molar-refractivity contribution in [3.63, 3.8) is 0 Å². The van der Waals surface area contributed by atoms with Crippen LogP contribution >= 0.6 is 0 Å². The zero-order valence-corrected chi connectivity index (χ0v) is 20.7. The Bertz CT molecular complexity index is 1420. The second kappa shape index (κ2) is 11.0. The smallest absolute Gasteiger partial charge is 0.396 e. The Kier molecular flexibility index (Phi) is 7.49. The predicted molar refractivity (Wildman–Crippen MR) is 133 cm³/mol. The summed E-state index contributed by atoms with van der Waals surface area (Å²) in [5, 5.41) is 30.7. The summed E-state index contributed by atoms with van der Waals surface area (Å²) < 4.78 is 47.9. The second-order valence-electron chi connectivity index (χ2n) is 9.44. The first-order valence-electron chi connectivity index (χ1n) is 12.5. The van der Waals surface area contributed by atoms with Gasteiger partial charge in [0.1, 0.15) is 0 Å². The molecule has 1 aliphatic carbocycles. The SMILES string of the molecule is O=C(N[C@@H]1CCCC[C@H]1CO)[C@@H](O)c1ccc(-c2noc(-c3cnn(-c4ccccc4)c3C(F)(F)F)n2)cc1. The van der Waals surface area contributed by atoms with Gasteiger partial charge >= 0.3 is 6.18 Å². The van der Waals surface area contributed by atoms with Crippen molar-refractivity contribution in [2.75, 3.05) is 6.61 Å². The van der Waals surface area contributed by atoms with Crippen molar-refractivity contribution in [1.82, 2.24) is 25.2 Å². The molecule has 5 rings (SSSR count). The number of nitrogens with one attached hydrogen (secondary N) is 1. The quantitative estimate of drug-likeness (QED) is 0.318. The molecule has 0 saturated heterocycles. The number of aromatic nitrogens is 4. The van der Waals surface area contributed by atoms with Gasteiger partial charge in [0.15, 0.2) is 11.8 Å². The number of carbonyl (C=O) groups excluding carboxylic acids is 1. The Morgan fingerprint density at radius 2 is 1.82 bits per heavy atom. The summed E-state index contributed by atoms with van der Waals surface area (Å²) in [4.78, 5) is 16.8. The topological polar surface area (TPSA) is 126 Å². The average Bonchev–Trinajstić information content (AvgIpc) is 3.61. The van der Waals surface area contributed by atoms with Crippen LogP contribution in [0.1, 0.15) is 43.0 Å². The van der Waals surface area contributed by atoms with E-state index in [0.29, 0.717) is 11.1 Å². The average molecular weight is 542 g/mol. The van der Waals surface area contributed by atoms with Gasteiger partial charge in [0, 0.05) is 24.1 Å². The van der Waals surface area contributed by atoms with Crippen LogP contribution in [0.2, 0.25) is 0 Å². The zero-order chi connectivity index (χ0) is 27.6. The highest BCUT2D eigenvalue weighted by Crippen LogP contribution is 2.38. The Morgan fingerprint density at radius 3 is 2.51 bits per heavy atom. The third-order valence-electron chi connectivity index (χ3n) is 6.90. The van der Waals surface area contributed by atoms with E-state index in [1.54, 1.807) is 18.2 Å². The van der Waals surface area contributed by atoms with E-state index in [4.69, 9.17) is 4.52 Å². The summed E-state index contributed by atoms with van der Waals surface area (Å²) in [6.07, 6.45) is -1.66. The molecule has 3 atom stereocenters. The molecule has 2 aromatic carbocycles. The zero-order valence-electron chi connectivity index (χ0n) is 20.7. The monoisotopic (exact) mass is 541 g/mol. The lowest BCUT2D eigenvalue weighted by Gasteiger charge is -2.31. The second-order valence-corrected chi connectivity index (χ2v) is 9.44. The van der Waals surface area contributed by atoms with Gasteiger partial charge < -0.3 is 20.1 Å².